The number of amides is 2. The molecule has 0 radical (unpaired) electrons. The summed E-state index contributed by atoms with van der Waals surface area (Å²) in [4.78, 5) is 36.6. The molecule has 1 aromatic heterocycles. The molecule has 34 heavy (non-hydrogen) atoms. The van der Waals surface area contributed by atoms with Gasteiger partial charge in [-0.3, -0.25) is 14.4 Å². The summed E-state index contributed by atoms with van der Waals surface area (Å²) in [5.41, 5.74) is 1.43. The lowest BCUT2D eigenvalue weighted by atomic mass is 10.1. The second-order valence-electron chi connectivity index (χ2n) is 7.56. The maximum Gasteiger partial charge on any atom is 0.450 e. The Morgan fingerprint density at radius 3 is 2.53 bits per heavy atom. The molecule has 5 nitrogen and oxygen atoms in total. The van der Waals surface area contributed by atoms with Crippen molar-refractivity contribution in [2.75, 3.05) is 16.8 Å². The quantitative estimate of drug-likeness (QED) is 0.349. The van der Waals surface area contributed by atoms with Crippen molar-refractivity contribution in [2.45, 2.75) is 31.5 Å². The Kier molecular flexibility index (Phi) is 9.12. The highest BCUT2D eigenvalue weighted by molar-refractivity contribution is 7.99. The van der Waals surface area contributed by atoms with Gasteiger partial charge < -0.3 is 10.6 Å². The van der Waals surface area contributed by atoms with Crippen molar-refractivity contribution in [3.63, 3.8) is 0 Å². The molecule has 0 aliphatic carbocycles. The van der Waals surface area contributed by atoms with Gasteiger partial charge in [0, 0.05) is 11.1 Å². The average molecular weight is 509 g/mol. The molecule has 0 unspecified atom stereocenters. The molecule has 180 valence electrons. The van der Waals surface area contributed by atoms with E-state index in [1.165, 1.54) is 11.3 Å². The van der Waals surface area contributed by atoms with E-state index in [1.54, 1.807) is 6.07 Å². The van der Waals surface area contributed by atoms with E-state index in [-0.39, 0.29) is 24.5 Å². The van der Waals surface area contributed by atoms with Gasteiger partial charge in [0.15, 0.2) is 0 Å². The van der Waals surface area contributed by atoms with Crippen LogP contribution in [0, 0.1) is 0 Å². The Morgan fingerprint density at radius 1 is 1.03 bits per heavy atom. The molecule has 3 rings (SSSR count). The number of benzene rings is 2. The number of carbonyl (C=O) groups excluding carboxylic acids is 3. The fourth-order valence-electron chi connectivity index (χ4n) is 3.28. The molecule has 1 atom stereocenters. The summed E-state index contributed by atoms with van der Waals surface area (Å²) in [5, 5.41) is 11.1. The number of nitrogens with one attached hydrogen (secondary N) is 2. The summed E-state index contributed by atoms with van der Waals surface area (Å²) in [6.45, 7) is 0. The van der Waals surface area contributed by atoms with Gasteiger partial charge in [-0.2, -0.15) is 36.3 Å². The predicted molar refractivity (Wildman–Crippen MR) is 130 cm³/mol. The highest BCUT2D eigenvalue weighted by Crippen LogP contribution is 2.24. The number of Topliss-reactive ketones (excluding diaryl/α,β-unsaturated/α-hetero) is 1. The zero-order chi connectivity index (χ0) is 24.6. The molecular formula is C24H23F3N2O3S2. The number of halogens is 3. The van der Waals surface area contributed by atoms with Crippen molar-refractivity contribution in [1.82, 2.24) is 5.32 Å². The molecule has 0 fully saturated rings. The molecule has 0 bridgehead atoms. The van der Waals surface area contributed by atoms with E-state index in [0.29, 0.717) is 12.1 Å². The molecule has 10 heteroatoms. The van der Waals surface area contributed by atoms with Crippen molar-refractivity contribution in [3.05, 3.63) is 64.9 Å². The van der Waals surface area contributed by atoms with Crippen molar-refractivity contribution < 1.29 is 27.6 Å². The van der Waals surface area contributed by atoms with Gasteiger partial charge in [-0.1, -0.05) is 36.4 Å². The zero-order valence-corrected chi connectivity index (χ0v) is 19.7. The fraction of sp³-hybridized carbons (Fsp3) is 0.292. The number of rotatable bonds is 11. The largest absolute Gasteiger partial charge is 0.450 e. The smallest absolute Gasteiger partial charge is 0.344 e. The van der Waals surface area contributed by atoms with Crippen LogP contribution in [0.5, 0.6) is 0 Å². The molecule has 0 spiro atoms. The first-order valence-electron chi connectivity index (χ1n) is 10.5. The van der Waals surface area contributed by atoms with Crippen molar-refractivity contribution in [3.8, 4) is 0 Å². The highest BCUT2D eigenvalue weighted by atomic mass is 32.2. The van der Waals surface area contributed by atoms with E-state index in [1.807, 2.05) is 53.2 Å². The van der Waals surface area contributed by atoms with Crippen LogP contribution in [-0.4, -0.2) is 41.3 Å². The Labute approximate surface area is 203 Å². The highest BCUT2D eigenvalue weighted by Gasteiger charge is 2.37. The lowest BCUT2D eigenvalue weighted by Crippen LogP contribution is -2.44. The minimum atomic E-state index is -4.84. The number of thiophene rings is 1. The second kappa shape index (κ2) is 12.0. The summed E-state index contributed by atoms with van der Waals surface area (Å²) in [6.07, 6.45) is -4.15. The third-order valence-electron chi connectivity index (χ3n) is 4.97. The predicted octanol–water partition coefficient (Wildman–Crippen LogP) is 5.21. The summed E-state index contributed by atoms with van der Waals surface area (Å²) >= 11 is 2.32. The molecule has 0 saturated heterocycles. The summed E-state index contributed by atoms with van der Waals surface area (Å²) in [5.74, 6) is -2.93. The molecular weight excluding hydrogens is 485 g/mol. The van der Waals surface area contributed by atoms with Crippen LogP contribution in [0.15, 0.2) is 59.3 Å². The van der Waals surface area contributed by atoms with Gasteiger partial charge >= 0.3 is 6.18 Å². The summed E-state index contributed by atoms with van der Waals surface area (Å²) < 4.78 is 37.0. The number of anilines is 1. The average Bonchev–Trinajstić information content (AvgIpc) is 3.30. The molecule has 1 heterocycles. The Hall–Kier alpha value is -2.85. The monoisotopic (exact) mass is 508 g/mol. The Balaban J connectivity index is 1.63. The van der Waals surface area contributed by atoms with Crippen LogP contribution in [0.4, 0.5) is 18.9 Å². The fourth-order valence-corrected chi connectivity index (χ4v) is 4.82. The summed E-state index contributed by atoms with van der Waals surface area (Å²) in [6, 6.07) is 14.0. The number of fused-ring (bicyclic) bond motifs is 1. The van der Waals surface area contributed by atoms with Gasteiger partial charge in [0.25, 0.3) is 0 Å². The number of alkyl halides is 3. The first-order chi connectivity index (χ1) is 16.2. The Morgan fingerprint density at radius 2 is 1.79 bits per heavy atom. The van der Waals surface area contributed by atoms with Gasteiger partial charge in [-0.05, 0) is 52.4 Å². The van der Waals surface area contributed by atoms with Crippen LogP contribution in [0.3, 0.4) is 0 Å². The molecule has 0 saturated carbocycles. The van der Waals surface area contributed by atoms with Crippen molar-refractivity contribution in [1.29, 1.82) is 0 Å². The maximum absolute atomic E-state index is 13.1. The van der Waals surface area contributed by atoms with Crippen LogP contribution in [0.1, 0.15) is 18.4 Å². The van der Waals surface area contributed by atoms with Crippen LogP contribution in [0.2, 0.25) is 0 Å². The molecule has 2 N–H and O–H groups in total. The molecule has 0 aliphatic rings. The lowest BCUT2D eigenvalue weighted by molar-refractivity contribution is -0.167. The van der Waals surface area contributed by atoms with E-state index >= 15 is 0 Å². The topological polar surface area (TPSA) is 75.3 Å². The summed E-state index contributed by atoms with van der Waals surface area (Å²) in [7, 11) is 0. The third-order valence-corrected chi connectivity index (χ3v) is 6.75. The molecule has 2 aromatic carbocycles. The Bertz CT molecular complexity index is 1130. The zero-order valence-electron chi connectivity index (χ0n) is 18.1. The first kappa shape index (κ1) is 25.8. The second-order valence-corrected chi connectivity index (χ2v) is 9.45. The standard InChI is InChI=1S/C24H23F3N2O3S2/c25-24(26,27)21(30)15-33-11-4-9-20(28-22(31)13-16-10-12-34-14-16)23(32)29-19-8-3-6-17-5-1-2-7-18(17)19/h1-3,5-8,10,12,14,20H,4,9,11,13,15H2,(H,28,31)(H,29,32)/t20-/m0/s1. The maximum atomic E-state index is 13.1. The lowest BCUT2D eigenvalue weighted by Gasteiger charge is -2.19. The van der Waals surface area contributed by atoms with E-state index in [0.717, 1.165) is 28.1 Å². The van der Waals surface area contributed by atoms with Crippen LogP contribution < -0.4 is 10.6 Å². The number of hydrogen-bond donors (Lipinski definition) is 2. The van der Waals surface area contributed by atoms with Gasteiger partial charge in [0.2, 0.25) is 17.6 Å². The van der Waals surface area contributed by atoms with Crippen LogP contribution in [-0.2, 0) is 20.8 Å². The normalized spacial score (nSPS) is 12.3. The van der Waals surface area contributed by atoms with Crippen LogP contribution >= 0.6 is 23.1 Å². The third kappa shape index (κ3) is 7.59. The molecule has 3 aromatic rings. The first-order valence-corrected chi connectivity index (χ1v) is 12.6. The number of carbonyl (C=O) groups is 3. The minimum Gasteiger partial charge on any atom is -0.344 e. The van der Waals surface area contributed by atoms with Crippen molar-refractivity contribution >= 4 is 57.2 Å². The minimum absolute atomic E-state index is 0.121. The SMILES string of the molecule is O=C(Cc1ccsc1)N[C@@H](CCCSCC(=O)C(F)(F)F)C(=O)Nc1cccc2ccccc12. The molecule has 0 aliphatic heterocycles. The van der Waals surface area contributed by atoms with Gasteiger partial charge in [0.1, 0.15) is 6.04 Å². The van der Waals surface area contributed by atoms with Crippen LogP contribution in [0.25, 0.3) is 10.8 Å². The van der Waals surface area contributed by atoms with E-state index in [2.05, 4.69) is 10.6 Å². The van der Waals surface area contributed by atoms with Gasteiger partial charge in [0.05, 0.1) is 12.2 Å². The van der Waals surface area contributed by atoms with E-state index in [4.69, 9.17) is 0 Å². The molecule has 2 amide bonds. The number of thioether (sulfide) groups is 1. The van der Waals surface area contributed by atoms with Crippen molar-refractivity contribution in [2.24, 2.45) is 0 Å². The van der Waals surface area contributed by atoms with E-state index in [9.17, 15) is 27.6 Å². The van der Waals surface area contributed by atoms with Gasteiger partial charge in [-0.25, -0.2) is 0 Å². The number of ketones is 1. The van der Waals surface area contributed by atoms with Gasteiger partial charge in [-0.15, -0.1) is 0 Å². The van der Waals surface area contributed by atoms with E-state index < -0.39 is 29.7 Å². The number of hydrogen-bond acceptors (Lipinski definition) is 5.